The Labute approximate surface area is 180 Å². The molecule has 0 unspecified atom stereocenters. The van der Waals surface area contributed by atoms with Crippen molar-refractivity contribution in [3.05, 3.63) is 102 Å². The lowest BCUT2D eigenvalue weighted by Gasteiger charge is -2.15. The average molecular weight is 441 g/mol. The molecule has 0 aromatic heterocycles. The van der Waals surface area contributed by atoms with E-state index < -0.39 is 0 Å². The molecule has 29 heavy (non-hydrogen) atoms. The normalized spacial score (nSPS) is 11.8. The van der Waals surface area contributed by atoms with Crippen LogP contribution in [-0.4, -0.2) is 11.9 Å². The molecular formula is C27H21BrO. The summed E-state index contributed by atoms with van der Waals surface area (Å²) in [6.07, 6.45) is 0.990. The third-order valence-electron chi connectivity index (χ3n) is 5.56. The minimum atomic E-state index is 0.648. The molecule has 0 saturated carbocycles. The first-order valence-electron chi connectivity index (χ1n) is 9.94. The molecule has 0 aliphatic heterocycles. The maximum atomic E-state index is 6.03. The van der Waals surface area contributed by atoms with Crippen LogP contribution in [0.4, 0.5) is 0 Å². The number of hydrogen-bond donors (Lipinski definition) is 0. The summed E-state index contributed by atoms with van der Waals surface area (Å²) in [7, 11) is 0. The van der Waals surface area contributed by atoms with E-state index in [-0.39, 0.29) is 0 Å². The molecular weight excluding hydrogens is 420 g/mol. The van der Waals surface area contributed by atoms with Crippen molar-refractivity contribution in [3.63, 3.8) is 0 Å². The Morgan fingerprint density at radius 3 is 2.28 bits per heavy atom. The Balaban J connectivity index is 1.63. The standard InChI is InChI=1S/C27H21BrO/c28-15-16-29-27-14-13-21(17-25(27)19-7-2-1-3-8-19)23-11-6-12-24-22-10-5-4-9-20(22)18-26(23)24/h1-14,17H,15-16,18H2. The lowest BCUT2D eigenvalue weighted by Crippen LogP contribution is -2.00. The van der Waals surface area contributed by atoms with Crippen molar-refractivity contribution in [1.82, 2.24) is 0 Å². The Bertz CT molecular complexity index is 1160. The van der Waals surface area contributed by atoms with Crippen molar-refractivity contribution in [2.75, 3.05) is 11.9 Å². The number of ether oxygens (including phenoxy) is 1. The summed E-state index contributed by atoms with van der Waals surface area (Å²) in [5.74, 6) is 0.926. The summed E-state index contributed by atoms with van der Waals surface area (Å²) >= 11 is 3.46. The first-order valence-corrected chi connectivity index (χ1v) is 11.1. The molecule has 5 rings (SSSR count). The van der Waals surface area contributed by atoms with Gasteiger partial charge in [-0.1, -0.05) is 94.8 Å². The van der Waals surface area contributed by atoms with Gasteiger partial charge in [-0.15, -0.1) is 0 Å². The van der Waals surface area contributed by atoms with Gasteiger partial charge < -0.3 is 4.74 Å². The molecule has 0 radical (unpaired) electrons. The number of halogens is 1. The first-order chi connectivity index (χ1) is 14.3. The zero-order valence-corrected chi connectivity index (χ0v) is 17.7. The van der Waals surface area contributed by atoms with Crippen LogP contribution in [0, 0.1) is 0 Å². The predicted octanol–water partition coefficient (Wildman–Crippen LogP) is 7.37. The van der Waals surface area contributed by atoms with Crippen LogP contribution in [0.25, 0.3) is 33.4 Å². The van der Waals surface area contributed by atoms with E-state index in [2.05, 4.69) is 101 Å². The molecule has 0 fully saturated rings. The zero-order valence-electron chi connectivity index (χ0n) is 16.1. The third kappa shape index (κ3) is 3.38. The van der Waals surface area contributed by atoms with Crippen LogP contribution in [0.1, 0.15) is 11.1 Å². The van der Waals surface area contributed by atoms with Crippen molar-refractivity contribution in [2.24, 2.45) is 0 Å². The van der Waals surface area contributed by atoms with E-state index in [0.29, 0.717) is 6.61 Å². The van der Waals surface area contributed by atoms with Gasteiger partial charge in [-0.3, -0.25) is 0 Å². The molecule has 1 nitrogen and oxygen atoms in total. The molecule has 2 heteroatoms. The summed E-state index contributed by atoms with van der Waals surface area (Å²) in [6.45, 7) is 0.648. The van der Waals surface area contributed by atoms with Gasteiger partial charge in [0.15, 0.2) is 0 Å². The van der Waals surface area contributed by atoms with E-state index in [1.165, 1.54) is 38.9 Å². The van der Waals surface area contributed by atoms with Gasteiger partial charge in [0.1, 0.15) is 5.75 Å². The first kappa shape index (κ1) is 18.2. The Morgan fingerprint density at radius 1 is 0.655 bits per heavy atom. The Hall–Kier alpha value is -2.84. The second-order valence-corrected chi connectivity index (χ2v) is 8.07. The number of alkyl halides is 1. The molecule has 4 aromatic rings. The molecule has 142 valence electrons. The molecule has 0 saturated heterocycles. The van der Waals surface area contributed by atoms with Gasteiger partial charge in [0, 0.05) is 10.9 Å². The van der Waals surface area contributed by atoms with Crippen LogP contribution in [0.3, 0.4) is 0 Å². The Kier molecular flexibility index (Phi) is 4.95. The van der Waals surface area contributed by atoms with Crippen LogP contribution >= 0.6 is 15.9 Å². The van der Waals surface area contributed by atoms with Gasteiger partial charge in [-0.2, -0.15) is 0 Å². The molecule has 0 N–H and O–H groups in total. The highest BCUT2D eigenvalue weighted by molar-refractivity contribution is 9.09. The van der Waals surface area contributed by atoms with E-state index in [9.17, 15) is 0 Å². The summed E-state index contributed by atoms with van der Waals surface area (Å²) in [5, 5.41) is 0.813. The van der Waals surface area contributed by atoms with E-state index in [0.717, 1.165) is 23.1 Å². The average Bonchev–Trinajstić information content (AvgIpc) is 3.17. The lowest BCUT2D eigenvalue weighted by atomic mass is 9.93. The van der Waals surface area contributed by atoms with Crippen LogP contribution in [0.15, 0.2) is 91.0 Å². The molecule has 0 heterocycles. The second kappa shape index (κ2) is 7.88. The number of rotatable bonds is 5. The van der Waals surface area contributed by atoms with Gasteiger partial charge in [0.25, 0.3) is 0 Å². The lowest BCUT2D eigenvalue weighted by molar-refractivity contribution is 0.346. The predicted molar refractivity (Wildman–Crippen MR) is 125 cm³/mol. The molecule has 1 aliphatic carbocycles. The summed E-state index contributed by atoms with van der Waals surface area (Å²) in [4.78, 5) is 0. The quantitative estimate of drug-likeness (QED) is 0.259. The second-order valence-electron chi connectivity index (χ2n) is 7.28. The van der Waals surface area contributed by atoms with Crippen molar-refractivity contribution >= 4 is 15.9 Å². The van der Waals surface area contributed by atoms with Crippen LogP contribution in [0.5, 0.6) is 5.75 Å². The molecule has 0 amide bonds. The maximum Gasteiger partial charge on any atom is 0.127 e. The van der Waals surface area contributed by atoms with Gasteiger partial charge in [-0.05, 0) is 57.5 Å². The minimum Gasteiger partial charge on any atom is -0.492 e. The molecule has 4 aromatic carbocycles. The summed E-state index contributed by atoms with van der Waals surface area (Å²) < 4.78 is 6.03. The van der Waals surface area contributed by atoms with Crippen molar-refractivity contribution in [1.29, 1.82) is 0 Å². The van der Waals surface area contributed by atoms with E-state index >= 15 is 0 Å². The smallest absolute Gasteiger partial charge is 0.127 e. The minimum absolute atomic E-state index is 0.648. The fraction of sp³-hybridized carbons (Fsp3) is 0.111. The van der Waals surface area contributed by atoms with Gasteiger partial charge in [0.05, 0.1) is 6.61 Å². The molecule has 0 atom stereocenters. The van der Waals surface area contributed by atoms with Crippen molar-refractivity contribution in [3.8, 4) is 39.1 Å². The maximum absolute atomic E-state index is 6.03. The van der Waals surface area contributed by atoms with E-state index in [4.69, 9.17) is 4.74 Å². The van der Waals surface area contributed by atoms with Crippen LogP contribution < -0.4 is 4.74 Å². The van der Waals surface area contributed by atoms with Gasteiger partial charge in [-0.25, -0.2) is 0 Å². The zero-order chi connectivity index (χ0) is 19.6. The van der Waals surface area contributed by atoms with E-state index in [1.807, 2.05) is 6.07 Å². The Morgan fingerprint density at radius 2 is 1.41 bits per heavy atom. The van der Waals surface area contributed by atoms with Gasteiger partial charge >= 0.3 is 0 Å². The van der Waals surface area contributed by atoms with Crippen molar-refractivity contribution < 1.29 is 4.74 Å². The molecule has 0 spiro atoms. The summed E-state index contributed by atoms with van der Waals surface area (Å²) in [5.41, 5.74) is 10.4. The molecule has 1 aliphatic rings. The highest BCUT2D eigenvalue weighted by Gasteiger charge is 2.21. The highest BCUT2D eigenvalue weighted by atomic mass is 79.9. The third-order valence-corrected chi connectivity index (χ3v) is 5.88. The SMILES string of the molecule is BrCCOc1ccc(-c2cccc3c2Cc2ccccc2-3)cc1-c1ccccc1. The van der Waals surface area contributed by atoms with Gasteiger partial charge in [0.2, 0.25) is 0 Å². The summed E-state index contributed by atoms with van der Waals surface area (Å²) in [6, 6.07) is 32.5. The largest absolute Gasteiger partial charge is 0.492 e. The van der Waals surface area contributed by atoms with Crippen molar-refractivity contribution in [2.45, 2.75) is 6.42 Å². The topological polar surface area (TPSA) is 9.23 Å². The number of hydrogen-bond acceptors (Lipinski definition) is 1. The number of benzene rings is 4. The van der Waals surface area contributed by atoms with Crippen LogP contribution in [-0.2, 0) is 6.42 Å². The monoisotopic (exact) mass is 440 g/mol. The number of fused-ring (bicyclic) bond motifs is 3. The fourth-order valence-electron chi connectivity index (χ4n) is 4.24. The fourth-order valence-corrected chi connectivity index (χ4v) is 4.40. The molecule has 0 bridgehead atoms. The van der Waals surface area contributed by atoms with Crippen LogP contribution in [0.2, 0.25) is 0 Å². The van der Waals surface area contributed by atoms with E-state index in [1.54, 1.807) is 0 Å². The highest BCUT2D eigenvalue weighted by Crippen LogP contribution is 2.43.